The van der Waals surface area contributed by atoms with Gasteiger partial charge < -0.3 is 20.2 Å². The first-order valence-electron chi connectivity index (χ1n) is 11.1. The fourth-order valence-electron chi connectivity index (χ4n) is 3.34. The van der Waals surface area contributed by atoms with Crippen molar-refractivity contribution < 1.29 is 37.7 Å². The molecule has 2 N–H and O–H groups in total. The predicted octanol–water partition coefficient (Wildman–Crippen LogP) is 5.98. The summed E-state index contributed by atoms with van der Waals surface area (Å²) in [6.07, 6.45) is 0.0938. The van der Waals surface area contributed by atoms with Gasteiger partial charge in [0.15, 0.2) is 0 Å². The van der Waals surface area contributed by atoms with E-state index in [4.69, 9.17) is 9.53 Å². The molecular formula is C32H50N2O4. The molecule has 212 valence electrons. The molecule has 1 aliphatic heterocycles. The number of ether oxygens (including phenoxy) is 1. The van der Waals surface area contributed by atoms with Crippen LogP contribution in [0, 0.1) is 89.8 Å². The van der Waals surface area contributed by atoms with Crippen molar-refractivity contribution in [1.82, 2.24) is 10.6 Å². The molecule has 2 rings (SSSR count). The number of benzene rings is 1. The third-order valence-corrected chi connectivity index (χ3v) is 4.82. The van der Waals surface area contributed by atoms with Gasteiger partial charge in [0, 0.05) is 36.2 Å². The normalized spacial score (nSPS) is 12.7. The number of carbonyl (C=O) groups excluding carboxylic acids is 3. The molecule has 1 aromatic rings. The first-order valence-corrected chi connectivity index (χ1v) is 11.1. The highest BCUT2D eigenvalue weighted by Gasteiger charge is 2.30. The van der Waals surface area contributed by atoms with Crippen molar-refractivity contribution in [1.29, 1.82) is 0 Å². The molecule has 6 heteroatoms. The van der Waals surface area contributed by atoms with Gasteiger partial charge in [0.05, 0.1) is 6.04 Å². The predicted molar refractivity (Wildman–Crippen MR) is 173 cm³/mol. The minimum Gasteiger partial charge on any atom is -0.465 e. The van der Waals surface area contributed by atoms with E-state index in [-0.39, 0.29) is 30.7 Å². The summed E-state index contributed by atoms with van der Waals surface area (Å²) in [4.78, 5) is 31.0. The van der Waals surface area contributed by atoms with Crippen molar-refractivity contribution in [3.05, 3.63) is 46.2 Å². The smallest absolute Gasteiger partial charge is 0.319 e. The minimum atomic E-state index is -0.426. The molecule has 0 aliphatic carbocycles. The van der Waals surface area contributed by atoms with Gasteiger partial charge in [0.2, 0.25) is 0 Å². The van der Waals surface area contributed by atoms with Gasteiger partial charge in [-0.25, -0.2) is 4.79 Å². The molecule has 6 nitrogen and oxygen atoms in total. The van der Waals surface area contributed by atoms with Crippen molar-refractivity contribution in [2.45, 2.75) is 46.3 Å². The molecule has 0 aromatic heterocycles. The number of hydrogen-bond donors (Lipinski definition) is 2. The number of urea groups is 1. The Morgan fingerprint density at radius 2 is 1.53 bits per heavy atom. The van der Waals surface area contributed by atoms with Crippen LogP contribution in [0.15, 0.2) is 29.5 Å². The quantitative estimate of drug-likeness (QED) is 0.365. The van der Waals surface area contributed by atoms with E-state index in [9.17, 15) is 9.59 Å². The van der Waals surface area contributed by atoms with Crippen LogP contribution in [0.3, 0.4) is 0 Å². The summed E-state index contributed by atoms with van der Waals surface area (Å²) in [5.41, 5.74) is 4.17. The van der Waals surface area contributed by atoms with E-state index >= 15 is 0 Å². The average Bonchev–Trinajstić information content (AvgIpc) is 2.90. The third-order valence-electron chi connectivity index (χ3n) is 4.82. The maximum atomic E-state index is 12.3. The Hall–Kier alpha value is -5.71. The van der Waals surface area contributed by atoms with Crippen molar-refractivity contribution in [2.24, 2.45) is 0 Å². The lowest BCUT2D eigenvalue weighted by molar-refractivity contribution is -0.132. The monoisotopic (exact) mass is 526 g/mol. The summed E-state index contributed by atoms with van der Waals surface area (Å²) in [5.74, 6) is 36.9. The fourth-order valence-corrected chi connectivity index (χ4v) is 3.34. The number of carbonyl (C=O) groups is 3. The lowest BCUT2D eigenvalue weighted by Gasteiger charge is -2.32. The van der Waals surface area contributed by atoms with Crippen LogP contribution in [0.1, 0.15) is 68.5 Å². The second kappa shape index (κ2) is 17.7. The first kappa shape index (κ1) is 30.3. The number of nitrogens with one attached hydrogen (secondary N) is 2. The molecule has 0 fully saturated rings. The van der Waals surface area contributed by atoms with Crippen molar-refractivity contribution >= 4 is 19.3 Å². The molecule has 1 aromatic carbocycles. The summed E-state index contributed by atoms with van der Waals surface area (Å²) in [6.45, 7) is 9.69. The molecule has 1 aliphatic rings. The van der Waals surface area contributed by atoms with Crippen LogP contribution >= 0.6 is 0 Å². The van der Waals surface area contributed by atoms with Gasteiger partial charge in [-0.2, -0.15) is 0 Å². The standard InChI is InChI=1S/C31H22N2O3.CH2O.13H2/c1-5-6-7-8-9-10-11-12-13-14-15-16-17-20-27-21-18-19-24(2)29(27)30-28(22-25(3)36-23-34)26(4)32-31(35)33-30;1-2;;;;;;;;;;;;;/h18-19,21,23,25,30H,22H2,1-4H3,(H2,32,33,35);1H2;13*1H. The van der Waals surface area contributed by atoms with Crippen LogP contribution in [0.25, 0.3) is 0 Å². The highest BCUT2D eigenvalue weighted by molar-refractivity contribution is 5.79. The highest BCUT2D eigenvalue weighted by atomic mass is 16.5. The number of amides is 2. The van der Waals surface area contributed by atoms with Crippen molar-refractivity contribution in [3.8, 4) is 82.9 Å². The second-order valence-electron chi connectivity index (χ2n) is 7.34. The van der Waals surface area contributed by atoms with Crippen LogP contribution in [-0.2, 0) is 14.3 Å². The fraction of sp³-hybridized carbons (Fsp3) is 0.219. The SMILES string of the molecule is C=O.CC#CC#CC#CC#CC#CC#CC#Cc1cccc(C)c1C1NC(=O)NC(C)=C1CC(C)OC=O.[HH].[HH].[HH].[HH].[HH].[HH].[HH].[HH].[HH].[HH].[HH].[HH].[HH]. The molecule has 2 amide bonds. The largest absolute Gasteiger partial charge is 0.465 e. The Morgan fingerprint density at radius 1 is 0.974 bits per heavy atom. The van der Waals surface area contributed by atoms with Gasteiger partial charge in [-0.3, -0.25) is 4.79 Å². The molecule has 2 unspecified atom stereocenters. The van der Waals surface area contributed by atoms with Gasteiger partial charge >= 0.3 is 6.03 Å². The third kappa shape index (κ3) is 10.3. The maximum Gasteiger partial charge on any atom is 0.319 e. The summed E-state index contributed by atoms with van der Waals surface area (Å²) < 4.78 is 5.08. The summed E-state index contributed by atoms with van der Waals surface area (Å²) in [7, 11) is 0. The van der Waals surface area contributed by atoms with E-state index in [0.717, 1.165) is 28.0 Å². The molecule has 2 atom stereocenters. The zero-order chi connectivity index (χ0) is 28.2. The zero-order valence-electron chi connectivity index (χ0n) is 21.5. The summed E-state index contributed by atoms with van der Waals surface area (Å²) >= 11 is 0. The van der Waals surface area contributed by atoms with Gasteiger partial charge in [0.25, 0.3) is 6.47 Å². The number of allylic oxidation sites excluding steroid dienone is 1. The summed E-state index contributed by atoms with van der Waals surface area (Å²) in [5, 5.41) is 5.76. The Morgan fingerprint density at radius 3 is 2.08 bits per heavy atom. The minimum absolute atomic E-state index is 0. The van der Waals surface area contributed by atoms with E-state index in [0.29, 0.717) is 12.9 Å². The van der Waals surface area contributed by atoms with Crippen LogP contribution in [0.4, 0.5) is 4.79 Å². The molecule has 1 heterocycles. The average molecular weight is 527 g/mol. The maximum absolute atomic E-state index is 12.3. The number of rotatable bonds is 5. The van der Waals surface area contributed by atoms with Crippen LogP contribution in [-0.4, -0.2) is 25.4 Å². The topological polar surface area (TPSA) is 84.5 Å². The van der Waals surface area contributed by atoms with Crippen molar-refractivity contribution in [3.63, 3.8) is 0 Å². The van der Waals surface area contributed by atoms with Crippen LogP contribution in [0.2, 0.25) is 0 Å². The van der Waals surface area contributed by atoms with E-state index in [1.165, 1.54) is 0 Å². The lowest BCUT2D eigenvalue weighted by atomic mass is 9.86. The van der Waals surface area contributed by atoms with Gasteiger partial charge in [-0.1, -0.05) is 24.0 Å². The molecule has 0 radical (unpaired) electrons. The van der Waals surface area contributed by atoms with Crippen LogP contribution < -0.4 is 10.6 Å². The Kier molecular flexibility index (Phi) is 14.1. The second-order valence-corrected chi connectivity index (χ2v) is 7.34. The summed E-state index contributed by atoms with van der Waals surface area (Å²) in [6, 6.07) is 4.98. The van der Waals surface area contributed by atoms with E-state index in [2.05, 4.69) is 93.5 Å². The van der Waals surface area contributed by atoms with E-state index in [1.54, 1.807) is 13.8 Å². The van der Waals surface area contributed by atoms with Crippen LogP contribution in [0.5, 0.6) is 0 Å². The molecular weight excluding hydrogens is 476 g/mol. The number of hydrogen-bond acceptors (Lipinski definition) is 4. The zero-order valence-corrected chi connectivity index (χ0v) is 21.5. The Bertz CT molecular complexity index is 1580. The number of aryl methyl sites for hydroxylation is 1. The Labute approximate surface area is 243 Å². The molecule has 0 saturated carbocycles. The van der Waals surface area contributed by atoms with Gasteiger partial charge in [-0.05, 0) is 122 Å². The van der Waals surface area contributed by atoms with Gasteiger partial charge in [0.1, 0.15) is 12.9 Å². The molecule has 0 bridgehead atoms. The first-order chi connectivity index (χ1) is 18.5. The van der Waals surface area contributed by atoms with Crippen molar-refractivity contribution in [2.75, 3.05) is 0 Å². The van der Waals surface area contributed by atoms with Gasteiger partial charge in [-0.15, -0.1) is 0 Å². The lowest BCUT2D eigenvalue weighted by Crippen LogP contribution is -2.44. The molecule has 0 saturated heterocycles. The molecule has 0 spiro atoms. The van der Waals surface area contributed by atoms with E-state index < -0.39 is 6.04 Å². The highest BCUT2D eigenvalue weighted by Crippen LogP contribution is 2.33. The Balaban J connectivity index is -0.0000000859. The molecule has 38 heavy (non-hydrogen) atoms. The van der Waals surface area contributed by atoms with E-state index in [1.807, 2.05) is 38.8 Å².